The van der Waals surface area contributed by atoms with Crippen LogP contribution in [0.15, 0.2) is 54.3 Å². The van der Waals surface area contributed by atoms with Crippen molar-refractivity contribution in [2.75, 3.05) is 0 Å². The number of benzene rings is 1. The topological polar surface area (TPSA) is 62.7 Å². The van der Waals surface area contributed by atoms with Gasteiger partial charge in [0, 0.05) is 0 Å². The van der Waals surface area contributed by atoms with Gasteiger partial charge in [0.05, 0.1) is 6.08 Å². The van der Waals surface area contributed by atoms with E-state index in [1.165, 1.54) is 6.92 Å². The molecule has 0 saturated carbocycles. The molecule has 0 heterocycles. The Morgan fingerprint density at radius 3 is 2.74 bits per heavy atom. The second kappa shape index (κ2) is 5.94. The molecule has 19 heavy (non-hydrogen) atoms. The van der Waals surface area contributed by atoms with Gasteiger partial charge in [0.1, 0.15) is 24.1 Å². The van der Waals surface area contributed by atoms with Crippen LogP contribution in [-0.4, -0.2) is 16.3 Å². The van der Waals surface area contributed by atoms with E-state index in [4.69, 9.17) is 10.3 Å². The molecule has 1 aliphatic rings. The van der Waals surface area contributed by atoms with Crippen LogP contribution in [0.5, 0.6) is 0 Å². The van der Waals surface area contributed by atoms with E-state index in [-0.39, 0.29) is 5.78 Å². The number of allylic oxidation sites excluding steroid dienone is 3. The lowest BCUT2D eigenvalue weighted by Gasteiger charge is -2.11. The third-order valence-corrected chi connectivity index (χ3v) is 2.86. The predicted molar refractivity (Wildman–Crippen MR) is 71.3 cm³/mol. The number of carbonyl (C=O) groups excluding carboxylic acids is 1. The highest BCUT2D eigenvalue weighted by Crippen LogP contribution is 2.16. The number of ether oxygens (including phenoxy) is 1. The molecule has 1 aromatic carbocycles. The van der Waals surface area contributed by atoms with Crippen molar-refractivity contribution in [3.05, 3.63) is 65.4 Å². The summed E-state index contributed by atoms with van der Waals surface area (Å²) in [4.78, 5) is 14.5. The first-order chi connectivity index (χ1) is 9.20. The van der Waals surface area contributed by atoms with Crippen LogP contribution in [0.1, 0.15) is 12.5 Å². The Balaban J connectivity index is 2.05. The Bertz CT molecular complexity index is 581. The minimum absolute atomic E-state index is 0.0672. The zero-order valence-electron chi connectivity index (χ0n) is 10.6. The minimum atomic E-state index is -0.492. The molecule has 1 aromatic rings. The zero-order chi connectivity index (χ0) is 13.7. The summed E-state index contributed by atoms with van der Waals surface area (Å²) in [6.07, 6.45) is 4.98. The lowest BCUT2D eigenvalue weighted by atomic mass is 9.94. The minimum Gasteiger partial charge on any atom is -0.489 e. The van der Waals surface area contributed by atoms with E-state index in [2.05, 4.69) is 4.79 Å². The number of hydrogen-bond donors (Lipinski definition) is 0. The van der Waals surface area contributed by atoms with Crippen molar-refractivity contribution in [3.8, 4) is 0 Å². The van der Waals surface area contributed by atoms with Gasteiger partial charge < -0.3 is 10.3 Å². The van der Waals surface area contributed by atoms with Crippen molar-refractivity contribution in [3.63, 3.8) is 0 Å². The summed E-state index contributed by atoms with van der Waals surface area (Å²) in [6.45, 7) is 1.89. The highest BCUT2D eigenvalue weighted by Gasteiger charge is 2.27. The maximum absolute atomic E-state index is 11.3. The number of hydrogen-bond acceptors (Lipinski definition) is 2. The standard InChI is InChI=1S/C15H14N2O2/c1-11(18)14-8-7-13(9-15(14)17-16)19-10-12-5-3-2-4-6-12/h2-9,14H,10H2,1H3. The lowest BCUT2D eigenvalue weighted by Crippen LogP contribution is -2.22. The molecule has 0 fully saturated rings. The molecule has 4 nitrogen and oxygen atoms in total. The number of ketones is 1. The van der Waals surface area contributed by atoms with Crippen molar-refractivity contribution in [1.82, 2.24) is 0 Å². The van der Waals surface area contributed by atoms with E-state index in [1.54, 1.807) is 18.2 Å². The van der Waals surface area contributed by atoms with Gasteiger partial charge in [-0.3, -0.25) is 4.79 Å². The van der Waals surface area contributed by atoms with Gasteiger partial charge in [0.2, 0.25) is 0 Å². The molecular weight excluding hydrogens is 240 g/mol. The summed E-state index contributed by atoms with van der Waals surface area (Å²) < 4.78 is 5.60. The fourth-order valence-corrected chi connectivity index (χ4v) is 1.84. The fraction of sp³-hybridized carbons (Fsp3) is 0.200. The van der Waals surface area contributed by atoms with Crippen molar-refractivity contribution < 1.29 is 14.3 Å². The molecule has 1 atom stereocenters. The van der Waals surface area contributed by atoms with E-state index >= 15 is 0 Å². The average Bonchev–Trinajstić information content (AvgIpc) is 2.45. The van der Waals surface area contributed by atoms with E-state index in [0.717, 1.165) is 5.56 Å². The Kier molecular flexibility index (Phi) is 4.06. The second-order valence-electron chi connectivity index (χ2n) is 4.29. The molecule has 0 aliphatic heterocycles. The van der Waals surface area contributed by atoms with Crippen LogP contribution in [0, 0.1) is 5.92 Å². The number of Topliss-reactive ketones (excluding diaryl/α,β-unsaturated/α-hetero) is 1. The van der Waals surface area contributed by atoms with Gasteiger partial charge in [-0.1, -0.05) is 36.4 Å². The SMILES string of the molecule is CC(=O)C1C=CC(OCc2ccccc2)=CC1=[N+]=[N-]. The summed E-state index contributed by atoms with van der Waals surface area (Å²) in [5.41, 5.74) is 10.3. The van der Waals surface area contributed by atoms with Gasteiger partial charge in [-0.2, -0.15) is 4.79 Å². The van der Waals surface area contributed by atoms with E-state index < -0.39 is 5.92 Å². The molecule has 0 aromatic heterocycles. The van der Waals surface area contributed by atoms with Gasteiger partial charge in [0.25, 0.3) is 0 Å². The van der Waals surface area contributed by atoms with Gasteiger partial charge in [-0.25, -0.2) is 0 Å². The van der Waals surface area contributed by atoms with Crippen molar-refractivity contribution in [1.29, 1.82) is 0 Å². The van der Waals surface area contributed by atoms with Crippen molar-refractivity contribution >= 4 is 11.5 Å². The molecule has 2 rings (SSSR count). The fourth-order valence-electron chi connectivity index (χ4n) is 1.84. The first-order valence-electron chi connectivity index (χ1n) is 5.99. The summed E-state index contributed by atoms with van der Waals surface area (Å²) in [6, 6.07) is 9.75. The maximum Gasteiger partial charge on any atom is 0.309 e. The Labute approximate surface area is 111 Å². The van der Waals surface area contributed by atoms with E-state index in [0.29, 0.717) is 18.1 Å². The van der Waals surface area contributed by atoms with Crippen LogP contribution in [0.4, 0.5) is 0 Å². The number of carbonyl (C=O) groups is 1. The Hall–Kier alpha value is -2.45. The van der Waals surface area contributed by atoms with Gasteiger partial charge in [-0.15, -0.1) is 0 Å². The quantitative estimate of drug-likeness (QED) is 0.612. The average molecular weight is 254 g/mol. The first kappa shape index (κ1) is 13.0. The molecule has 96 valence electrons. The van der Waals surface area contributed by atoms with Crippen LogP contribution in [-0.2, 0) is 16.1 Å². The first-order valence-corrected chi connectivity index (χ1v) is 5.99. The molecule has 1 unspecified atom stereocenters. The molecule has 0 amide bonds. The predicted octanol–water partition coefficient (Wildman–Crippen LogP) is 2.53. The Morgan fingerprint density at radius 1 is 1.37 bits per heavy atom. The highest BCUT2D eigenvalue weighted by molar-refractivity contribution is 6.09. The largest absolute Gasteiger partial charge is 0.489 e. The van der Waals surface area contributed by atoms with Crippen LogP contribution in [0.25, 0.3) is 5.53 Å². The molecule has 0 radical (unpaired) electrons. The third-order valence-electron chi connectivity index (χ3n) is 2.86. The highest BCUT2D eigenvalue weighted by atomic mass is 16.5. The lowest BCUT2D eigenvalue weighted by molar-refractivity contribution is -0.118. The zero-order valence-corrected chi connectivity index (χ0v) is 10.6. The number of rotatable bonds is 4. The second-order valence-corrected chi connectivity index (χ2v) is 4.29. The molecule has 1 aliphatic carbocycles. The monoisotopic (exact) mass is 254 g/mol. The Morgan fingerprint density at radius 2 is 2.11 bits per heavy atom. The summed E-state index contributed by atoms with van der Waals surface area (Å²) >= 11 is 0. The molecule has 4 heteroatoms. The third kappa shape index (κ3) is 3.27. The van der Waals surface area contributed by atoms with Crippen LogP contribution < -0.4 is 0 Å². The molecule has 0 saturated heterocycles. The van der Waals surface area contributed by atoms with Crippen molar-refractivity contribution in [2.24, 2.45) is 5.92 Å². The van der Waals surface area contributed by atoms with Crippen LogP contribution in [0.2, 0.25) is 0 Å². The molecule has 0 spiro atoms. The van der Waals surface area contributed by atoms with Crippen LogP contribution >= 0.6 is 0 Å². The normalized spacial score (nSPS) is 17.6. The summed E-state index contributed by atoms with van der Waals surface area (Å²) in [5, 5.41) is 0. The van der Waals surface area contributed by atoms with Gasteiger partial charge in [0.15, 0.2) is 0 Å². The molecule has 0 N–H and O–H groups in total. The summed E-state index contributed by atoms with van der Waals surface area (Å²) in [7, 11) is 0. The maximum atomic E-state index is 11.3. The number of nitrogens with zero attached hydrogens (tertiary/aromatic N) is 2. The van der Waals surface area contributed by atoms with Crippen LogP contribution in [0.3, 0.4) is 0 Å². The molecular formula is C15H14N2O2. The smallest absolute Gasteiger partial charge is 0.309 e. The summed E-state index contributed by atoms with van der Waals surface area (Å²) in [5.74, 6) is 0.0191. The van der Waals surface area contributed by atoms with E-state index in [9.17, 15) is 4.79 Å². The van der Waals surface area contributed by atoms with Gasteiger partial charge in [-0.05, 0) is 18.6 Å². The van der Waals surface area contributed by atoms with Gasteiger partial charge >= 0.3 is 5.71 Å². The van der Waals surface area contributed by atoms with E-state index in [1.807, 2.05) is 30.3 Å². The molecule has 0 bridgehead atoms. The van der Waals surface area contributed by atoms with Crippen molar-refractivity contribution in [2.45, 2.75) is 13.5 Å².